The molecular formula is C22H28F2N2. The normalized spacial score (nSPS) is 16.1. The second-order valence-corrected chi connectivity index (χ2v) is 6.80. The summed E-state index contributed by atoms with van der Waals surface area (Å²) in [6.45, 7) is 9.60. The predicted molar refractivity (Wildman–Crippen MR) is 104 cm³/mol. The highest BCUT2D eigenvalue weighted by molar-refractivity contribution is 5.22. The third-order valence-electron chi connectivity index (χ3n) is 4.42. The van der Waals surface area contributed by atoms with Crippen LogP contribution in [-0.2, 0) is 6.54 Å². The van der Waals surface area contributed by atoms with Crippen molar-refractivity contribution >= 4 is 0 Å². The summed E-state index contributed by atoms with van der Waals surface area (Å²) >= 11 is 0. The van der Waals surface area contributed by atoms with Crippen molar-refractivity contribution < 1.29 is 8.78 Å². The second kappa shape index (κ2) is 10.1. The average Bonchev–Trinajstić information content (AvgIpc) is 3.15. The smallest absolute Gasteiger partial charge is 0.129 e. The Morgan fingerprint density at radius 3 is 2.27 bits per heavy atom. The molecule has 140 valence electrons. The third kappa shape index (κ3) is 5.95. The molecule has 1 fully saturated rings. The molecule has 1 aliphatic heterocycles. The van der Waals surface area contributed by atoms with E-state index >= 15 is 0 Å². The van der Waals surface area contributed by atoms with Crippen LogP contribution in [0.15, 0.2) is 60.8 Å². The molecule has 2 aromatic rings. The summed E-state index contributed by atoms with van der Waals surface area (Å²) in [6.07, 6.45) is 2.47. The quantitative estimate of drug-likeness (QED) is 0.774. The van der Waals surface area contributed by atoms with Gasteiger partial charge in [-0.2, -0.15) is 0 Å². The highest BCUT2D eigenvalue weighted by atomic mass is 19.1. The van der Waals surface area contributed by atoms with E-state index in [9.17, 15) is 8.78 Å². The summed E-state index contributed by atoms with van der Waals surface area (Å²) in [5.41, 5.74) is 2.60. The molecule has 26 heavy (non-hydrogen) atoms. The van der Waals surface area contributed by atoms with Gasteiger partial charge in [0.1, 0.15) is 11.6 Å². The molecule has 1 aliphatic rings. The molecule has 1 unspecified atom stereocenters. The van der Waals surface area contributed by atoms with Crippen LogP contribution in [0.4, 0.5) is 8.78 Å². The van der Waals surface area contributed by atoms with E-state index < -0.39 is 11.6 Å². The second-order valence-electron chi connectivity index (χ2n) is 6.80. The van der Waals surface area contributed by atoms with E-state index in [0.29, 0.717) is 6.04 Å². The molecule has 1 atom stereocenters. The van der Waals surface area contributed by atoms with E-state index in [1.807, 2.05) is 6.07 Å². The first kappa shape index (κ1) is 20.1. The topological polar surface area (TPSA) is 24.1 Å². The fraction of sp³-hybridized carbons (Fsp3) is 0.364. The van der Waals surface area contributed by atoms with Crippen molar-refractivity contribution in [2.24, 2.45) is 0 Å². The fourth-order valence-electron chi connectivity index (χ4n) is 2.98. The molecule has 0 amide bonds. The molecule has 0 radical (unpaired) electrons. The van der Waals surface area contributed by atoms with Gasteiger partial charge in [0.2, 0.25) is 0 Å². The minimum absolute atomic E-state index is 0.101. The van der Waals surface area contributed by atoms with Crippen molar-refractivity contribution in [2.45, 2.75) is 45.2 Å². The van der Waals surface area contributed by atoms with E-state index in [0.717, 1.165) is 18.8 Å². The number of rotatable bonds is 5. The Morgan fingerprint density at radius 2 is 1.77 bits per heavy atom. The largest absolute Gasteiger partial charge is 0.383 e. The van der Waals surface area contributed by atoms with Crippen LogP contribution >= 0.6 is 0 Å². The van der Waals surface area contributed by atoms with Gasteiger partial charge < -0.3 is 10.6 Å². The van der Waals surface area contributed by atoms with Crippen LogP contribution in [0.1, 0.15) is 43.7 Å². The highest BCUT2D eigenvalue weighted by Crippen LogP contribution is 2.20. The molecule has 0 aromatic heterocycles. The van der Waals surface area contributed by atoms with Crippen LogP contribution in [0.2, 0.25) is 0 Å². The lowest BCUT2D eigenvalue weighted by atomic mass is 10.0. The van der Waals surface area contributed by atoms with Crippen molar-refractivity contribution in [1.82, 2.24) is 10.6 Å². The molecule has 3 rings (SSSR count). The molecule has 0 saturated carbocycles. The van der Waals surface area contributed by atoms with Gasteiger partial charge >= 0.3 is 0 Å². The molecule has 0 aliphatic carbocycles. The minimum atomic E-state index is -0.458. The number of hydrogen-bond donors (Lipinski definition) is 2. The third-order valence-corrected chi connectivity index (χ3v) is 4.42. The summed E-state index contributed by atoms with van der Waals surface area (Å²) < 4.78 is 25.7. The number of nitrogens with one attached hydrogen (secondary N) is 2. The van der Waals surface area contributed by atoms with Crippen LogP contribution in [-0.4, -0.2) is 12.6 Å². The fourth-order valence-corrected chi connectivity index (χ4v) is 2.98. The maximum Gasteiger partial charge on any atom is 0.129 e. The van der Waals surface area contributed by atoms with Gasteiger partial charge in [-0.1, -0.05) is 56.8 Å². The summed E-state index contributed by atoms with van der Waals surface area (Å²) in [7, 11) is 0. The van der Waals surface area contributed by atoms with E-state index in [1.54, 1.807) is 13.8 Å². The molecule has 2 nitrogen and oxygen atoms in total. The lowest BCUT2D eigenvalue weighted by Gasteiger charge is -2.16. The van der Waals surface area contributed by atoms with Gasteiger partial charge in [-0.05, 0) is 43.0 Å². The molecule has 0 spiro atoms. The SMILES string of the molecule is C=C(NCc1ccccc1)C1CCCN1.CC(C)c1c(F)cccc1F. The summed E-state index contributed by atoms with van der Waals surface area (Å²) in [5.74, 6) is -1.02. The number of halogens is 2. The maximum absolute atomic E-state index is 12.9. The van der Waals surface area contributed by atoms with Crippen LogP contribution in [0.25, 0.3) is 0 Å². The van der Waals surface area contributed by atoms with Gasteiger partial charge in [-0.15, -0.1) is 0 Å². The highest BCUT2D eigenvalue weighted by Gasteiger charge is 2.16. The predicted octanol–water partition coefficient (Wildman–Crippen LogP) is 5.13. The van der Waals surface area contributed by atoms with Gasteiger partial charge in [0.05, 0.1) is 0 Å². The Kier molecular flexibility index (Phi) is 7.79. The Morgan fingerprint density at radius 1 is 1.12 bits per heavy atom. The standard InChI is InChI=1S/C13H18N2.C9H10F2/c1-11(13-8-5-9-14-13)15-10-12-6-3-2-4-7-12;1-6(2)9-7(10)4-3-5-8(9)11/h2-4,6-7,13-15H,1,5,8-10H2;3-6H,1-2H3. The monoisotopic (exact) mass is 358 g/mol. The summed E-state index contributed by atoms with van der Waals surface area (Å²) in [6, 6.07) is 14.8. The molecule has 2 aromatic carbocycles. The number of hydrogen-bond acceptors (Lipinski definition) is 2. The maximum atomic E-state index is 12.9. The minimum Gasteiger partial charge on any atom is -0.383 e. The van der Waals surface area contributed by atoms with Crippen molar-refractivity contribution in [1.29, 1.82) is 0 Å². The van der Waals surface area contributed by atoms with Gasteiger partial charge in [-0.3, -0.25) is 0 Å². The van der Waals surface area contributed by atoms with E-state index in [1.165, 1.54) is 36.6 Å². The number of benzene rings is 2. The molecule has 2 N–H and O–H groups in total. The zero-order valence-electron chi connectivity index (χ0n) is 15.6. The molecular weight excluding hydrogens is 330 g/mol. The van der Waals surface area contributed by atoms with Gasteiger partial charge in [0, 0.05) is 23.8 Å². The molecule has 1 heterocycles. The Hall–Kier alpha value is -2.20. The lowest BCUT2D eigenvalue weighted by molar-refractivity contribution is 0.542. The zero-order valence-corrected chi connectivity index (χ0v) is 15.6. The van der Waals surface area contributed by atoms with Gasteiger partial charge in [0.15, 0.2) is 0 Å². The first-order valence-electron chi connectivity index (χ1n) is 9.13. The van der Waals surface area contributed by atoms with Gasteiger partial charge in [-0.25, -0.2) is 8.78 Å². The van der Waals surface area contributed by atoms with Crippen LogP contribution < -0.4 is 10.6 Å². The van der Waals surface area contributed by atoms with E-state index in [-0.39, 0.29) is 11.5 Å². The Balaban J connectivity index is 0.000000197. The molecule has 1 saturated heterocycles. The van der Waals surface area contributed by atoms with Crippen LogP contribution in [0.3, 0.4) is 0 Å². The van der Waals surface area contributed by atoms with Crippen molar-refractivity contribution in [3.8, 4) is 0 Å². The van der Waals surface area contributed by atoms with E-state index in [2.05, 4.69) is 41.5 Å². The van der Waals surface area contributed by atoms with Gasteiger partial charge in [0.25, 0.3) is 0 Å². The van der Waals surface area contributed by atoms with Crippen LogP contribution in [0, 0.1) is 11.6 Å². The summed E-state index contributed by atoms with van der Waals surface area (Å²) in [4.78, 5) is 0. The molecule has 4 heteroatoms. The van der Waals surface area contributed by atoms with E-state index in [4.69, 9.17) is 0 Å². The lowest BCUT2D eigenvalue weighted by Crippen LogP contribution is -2.30. The Bertz CT molecular complexity index is 672. The van der Waals surface area contributed by atoms with Crippen LogP contribution in [0.5, 0.6) is 0 Å². The average molecular weight is 358 g/mol. The van der Waals surface area contributed by atoms with Crippen molar-refractivity contribution in [3.05, 3.63) is 83.6 Å². The van der Waals surface area contributed by atoms with Crippen molar-refractivity contribution in [2.75, 3.05) is 6.54 Å². The first-order chi connectivity index (χ1) is 12.5. The summed E-state index contributed by atoms with van der Waals surface area (Å²) in [5, 5.41) is 6.81. The zero-order chi connectivity index (χ0) is 18.9. The first-order valence-corrected chi connectivity index (χ1v) is 9.13. The van der Waals surface area contributed by atoms with Crippen molar-refractivity contribution in [3.63, 3.8) is 0 Å². The molecule has 0 bridgehead atoms. The Labute approximate surface area is 155 Å².